The van der Waals surface area contributed by atoms with Gasteiger partial charge in [-0.1, -0.05) is 0 Å². The van der Waals surface area contributed by atoms with Crippen molar-refractivity contribution in [2.45, 2.75) is 0 Å². The Bertz CT molecular complexity index is 499. The van der Waals surface area contributed by atoms with Crippen molar-refractivity contribution in [1.29, 1.82) is 0 Å². The topological polar surface area (TPSA) is 48.7 Å². The number of methoxy groups -OCH3 is 2. The maximum atomic E-state index is 10.9. The molecule has 0 aliphatic carbocycles. The SMILES string of the molecule is COc1cc2occc2c(OC)c1C=O. The lowest BCUT2D eigenvalue weighted by molar-refractivity contribution is 0.111. The predicted octanol–water partition coefficient (Wildman–Crippen LogP) is 2.26. The highest BCUT2D eigenvalue weighted by atomic mass is 16.5. The first-order chi connectivity index (χ1) is 7.31. The van der Waals surface area contributed by atoms with Crippen LogP contribution in [-0.4, -0.2) is 20.5 Å². The third kappa shape index (κ3) is 1.34. The second kappa shape index (κ2) is 3.65. The van der Waals surface area contributed by atoms with Gasteiger partial charge in [0.05, 0.1) is 31.4 Å². The highest BCUT2D eigenvalue weighted by Gasteiger charge is 2.15. The van der Waals surface area contributed by atoms with Crippen molar-refractivity contribution in [1.82, 2.24) is 0 Å². The fourth-order valence-corrected chi connectivity index (χ4v) is 1.57. The molecule has 1 aromatic carbocycles. The van der Waals surface area contributed by atoms with E-state index in [1.165, 1.54) is 14.2 Å². The summed E-state index contributed by atoms with van der Waals surface area (Å²) in [5.41, 5.74) is 1.03. The molecule has 0 fully saturated rings. The van der Waals surface area contributed by atoms with Gasteiger partial charge in [-0.3, -0.25) is 4.79 Å². The molecule has 0 spiro atoms. The van der Waals surface area contributed by atoms with Crippen LogP contribution in [0.1, 0.15) is 10.4 Å². The van der Waals surface area contributed by atoms with Crippen LogP contribution in [0, 0.1) is 0 Å². The van der Waals surface area contributed by atoms with Gasteiger partial charge in [0.1, 0.15) is 17.1 Å². The average molecular weight is 206 g/mol. The van der Waals surface area contributed by atoms with E-state index >= 15 is 0 Å². The van der Waals surface area contributed by atoms with Crippen molar-refractivity contribution in [3.8, 4) is 11.5 Å². The summed E-state index contributed by atoms with van der Waals surface area (Å²) >= 11 is 0. The summed E-state index contributed by atoms with van der Waals surface area (Å²) in [7, 11) is 3.00. The van der Waals surface area contributed by atoms with E-state index in [1.807, 2.05) is 0 Å². The van der Waals surface area contributed by atoms with Crippen molar-refractivity contribution < 1.29 is 18.7 Å². The first-order valence-corrected chi connectivity index (χ1v) is 4.39. The lowest BCUT2D eigenvalue weighted by atomic mass is 10.1. The number of hydrogen-bond donors (Lipinski definition) is 0. The number of rotatable bonds is 3. The molecule has 0 N–H and O–H groups in total. The number of aldehydes is 1. The van der Waals surface area contributed by atoms with Crippen molar-refractivity contribution >= 4 is 17.3 Å². The van der Waals surface area contributed by atoms with Crippen molar-refractivity contribution in [3.63, 3.8) is 0 Å². The Hall–Kier alpha value is -1.97. The average Bonchev–Trinajstić information content (AvgIpc) is 2.73. The molecule has 4 nitrogen and oxygen atoms in total. The van der Waals surface area contributed by atoms with Crippen LogP contribution in [0.5, 0.6) is 11.5 Å². The van der Waals surface area contributed by atoms with E-state index < -0.39 is 0 Å². The summed E-state index contributed by atoms with van der Waals surface area (Å²) < 4.78 is 15.5. The van der Waals surface area contributed by atoms with Gasteiger partial charge in [-0.15, -0.1) is 0 Å². The number of carbonyl (C=O) groups excluding carboxylic acids is 1. The normalized spacial score (nSPS) is 10.3. The largest absolute Gasteiger partial charge is 0.496 e. The molecule has 0 amide bonds. The minimum absolute atomic E-state index is 0.397. The van der Waals surface area contributed by atoms with Crippen LogP contribution in [0.4, 0.5) is 0 Å². The molecule has 0 saturated heterocycles. The van der Waals surface area contributed by atoms with Gasteiger partial charge in [0.25, 0.3) is 0 Å². The van der Waals surface area contributed by atoms with Gasteiger partial charge in [-0.25, -0.2) is 0 Å². The summed E-state index contributed by atoms with van der Waals surface area (Å²) in [5.74, 6) is 0.928. The molecule has 0 bridgehead atoms. The second-order valence-electron chi connectivity index (χ2n) is 2.98. The van der Waals surface area contributed by atoms with Crippen molar-refractivity contribution in [2.24, 2.45) is 0 Å². The number of carbonyl (C=O) groups is 1. The molecule has 1 heterocycles. The Morgan fingerprint density at radius 1 is 1.33 bits per heavy atom. The van der Waals surface area contributed by atoms with Crippen molar-refractivity contribution in [2.75, 3.05) is 14.2 Å². The van der Waals surface area contributed by atoms with Gasteiger partial charge >= 0.3 is 0 Å². The lowest BCUT2D eigenvalue weighted by Crippen LogP contribution is -1.95. The van der Waals surface area contributed by atoms with Gasteiger partial charge in [-0.2, -0.15) is 0 Å². The molecule has 0 unspecified atom stereocenters. The molecule has 0 atom stereocenters. The van der Waals surface area contributed by atoms with E-state index in [9.17, 15) is 4.79 Å². The maximum Gasteiger partial charge on any atom is 0.157 e. The monoisotopic (exact) mass is 206 g/mol. The molecule has 1 aromatic heterocycles. The number of fused-ring (bicyclic) bond motifs is 1. The van der Waals surface area contributed by atoms with E-state index in [1.54, 1.807) is 18.4 Å². The molecule has 2 aromatic rings. The van der Waals surface area contributed by atoms with Crippen LogP contribution in [0.25, 0.3) is 11.0 Å². The minimum atomic E-state index is 0.397. The van der Waals surface area contributed by atoms with E-state index in [4.69, 9.17) is 13.9 Å². The van der Waals surface area contributed by atoms with Crippen LogP contribution < -0.4 is 9.47 Å². The van der Waals surface area contributed by atoms with Gasteiger partial charge in [0.2, 0.25) is 0 Å². The Kier molecular flexibility index (Phi) is 2.33. The smallest absolute Gasteiger partial charge is 0.157 e. The van der Waals surface area contributed by atoms with Crippen LogP contribution in [0.3, 0.4) is 0 Å². The third-order valence-corrected chi connectivity index (χ3v) is 2.25. The second-order valence-corrected chi connectivity index (χ2v) is 2.98. The molecule has 15 heavy (non-hydrogen) atoms. The number of furan rings is 1. The quantitative estimate of drug-likeness (QED) is 0.723. The van der Waals surface area contributed by atoms with E-state index in [2.05, 4.69) is 0 Å². The maximum absolute atomic E-state index is 10.9. The summed E-state index contributed by atoms with van der Waals surface area (Å²) in [6.45, 7) is 0. The molecule has 0 radical (unpaired) electrons. The van der Waals surface area contributed by atoms with Crippen molar-refractivity contribution in [3.05, 3.63) is 24.0 Å². The Morgan fingerprint density at radius 3 is 2.73 bits per heavy atom. The molecule has 0 aliphatic heterocycles. The number of hydrogen-bond acceptors (Lipinski definition) is 4. The summed E-state index contributed by atoms with van der Waals surface area (Å²) in [5, 5.41) is 0.764. The van der Waals surface area contributed by atoms with E-state index in [0.29, 0.717) is 28.9 Å². The van der Waals surface area contributed by atoms with Crippen LogP contribution in [0.15, 0.2) is 22.8 Å². The van der Waals surface area contributed by atoms with Crippen LogP contribution in [-0.2, 0) is 0 Å². The summed E-state index contributed by atoms with van der Waals surface area (Å²) in [6, 6.07) is 3.42. The first kappa shape index (κ1) is 9.58. The predicted molar refractivity (Wildman–Crippen MR) is 54.7 cm³/mol. The standard InChI is InChI=1S/C11H10O4/c1-13-9-5-10-7(3-4-15-10)11(14-2)8(9)6-12/h3-6H,1-2H3. The Labute approximate surface area is 86.4 Å². The van der Waals surface area contributed by atoms with Gasteiger partial charge in [0.15, 0.2) is 6.29 Å². The highest BCUT2D eigenvalue weighted by Crippen LogP contribution is 2.36. The third-order valence-electron chi connectivity index (χ3n) is 2.25. The lowest BCUT2D eigenvalue weighted by Gasteiger charge is -2.09. The molecule has 0 aliphatic rings. The van der Waals surface area contributed by atoms with Crippen LogP contribution in [0.2, 0.25) is 0 Å². The molecule has 4 heteroatoms. The van der Waals surface area contributed by atoms with Gasteiger partial charge in [-0.05, 0) is 6.07 Å². The van der Waals surface area contributed by atoms with Gasteiger partial charge in [0, 0.05) is 6.07 Å². The number of benzene rings is 1. The fourth-order valence-electron chi connectivity index (χ4n) is 1.57. The molecular formula is C11H10O4. The Morgan fingerprint density at radius 2 is 2.13 bits per heavy atom. The molecule has 2 rings (SSSR count). The highest BCUT2D eigenvalue weighted by molar-refractivity contribution is 5.97. The fraction of sp³-hybridized carbons (Fsp3) is 0.182. The first-order valence-electron chi connectivity index (χ1n) is 4.39. The number of ether oxygens (including phenoxy) is 2. The zero-order valence-corrected chi connectivity index (χ0v) is 8.44. The summed E-state index contributed by atoms with van der Waals surface area (Å²) in [6.07, 6.45) is 2.26. The van der Waals surface area contributed by atoms with Gasteiger partial charge < -0.3 is 13.9 Å². The van der Waals surface area contributed by atoms with E-state index in [-0.39, 0.29) is 0 Å². The van der Waals surface area contributed by atoms with E-state index in [0.717, 1.165) is 5.39 Å². The van der Waals surface area contributed by atoms with Crippen LogP contribution >= 0.6 is 0 Å². The summed E-state index contributed by atoms with van der Waals surface area (Å²) in [4.78, 5) is 10.9. The Balaban J connectivity index is 2.84. The molecular weight excluding hydrogens is 196 g/mol. The zero-order chi connectivity index (χ0) is 10.8. The zero-order valence-electron chi connectivity index (χ0n) is 8.44. The minimum Gasteiger partial charge on any atom is -0.496 e. The molecule has 78 valence electrons. The molecule has 0 saturated carbocycles.